The fraction of sp³-hybridized carbons (Fsp3) is 0.250. The van der Waals surface area contributed by atoms with Crippen LogP contribution in [0.1, 0.15) is 35.6 Å². The predicted octanol–water partition coefficient (Wildman–Crippen LogP) is 4.74. The maximum atomic E-state index is 13.3. The summed E-state index contributed by atoms with van der Waals surface area (Å²) in [4.78, 5) is 13.3. The molecule has 0 radical (unpaired) electrons. The number of amides is 1. The van der Waals surface area contributed by atoms with Crippen molar-refractivity contribution < 1.29 is 4.79 Å². The van der Waals surface area contributed by atoms with Crippen molar-refractivity contribution in [3.63, 3.8) is 0 Å². The lowest BCUT2D eigenvalue weighted by molar-refractivity contribution is -0.121. The van der Waals surface area contributed by atoms with Gasteiger partial charge in [-0.05, 0) is 43.0 Å². The Morgan fingerprint density at radius 1 is 1.09 bits per heavy atom. The molecule has 4 aromatic rings. The Labute approximate surface area is 199 Å². The van der Waals surface area contributed by atoms with Gasteiger partial charge in [0.15, 0.2) is 0 Å². The Morgan fingerprint density at radius 3 is 2.47 bits per heavy atom. The van der Waals surface area contributed by atoms with Crippen LogP contribution in [-0.4, -0.2) is 31.5 Å². The highest BCUT2D eigenvalue weighted by atomic mass is 16.1. The summed E-state index contributed by atoms with van der Waals surface area (Å²) in [6, 6.07) is 20.4. The molecule has 2 atom stereocenters. The van der Waals surface area contributed by atoms with Crippen LogP contribution in [0.25, 0.3) is 16.9 Å². The number of benzene rings is 2. The minimum atomic E-state index is -0.00134. The molecule has 2 heterocycles. The van der Waals surface area contributed by atoms with Gasteiger partial charge in [-0.15, -0.1) is 0 Å². The second-order valence-corrected chi connectivity index (χ2v) is 9.10. The molecule has 6 nitrogen and oxygen atoms in total. The van der Waals surface area contributed by atoms with E-state index in [-0.39, 0.29) is 24.3 Å². The van der Waals surface area contributed by atoms with Gasteiger partial charge in [0.25, 0.3) is 0 Å². The lowest BCUT2D eigenvalue weighted by Gasteiger charge is -2.21. The third kappa shape index (κ3) is 4.31. The fourth-order valence-corrected chi connectivity index (χ4v) is 4.94. The molecule has 0 bridgehead atoms. The van der Waals surface area contributed by atoms with Gasteiger partial charge in [-0.25, -0.2) is 4.68 Å². The summed E-state index contributed by atoms with van der Waals surface area (Å²) in [5.74, 6) is 0.252. The summed E-state index contributed by atoms with van der Waals surface area (Å²) in [7, 11) is 1.89. The van der Waals surface area contributed by atoms with Gasteiger partial charge >= 0.3 is 0 Å². The highest BCUT2D eigenvalue weighted by Crippen LogP contribution is 2.37. The number of carbonyl (C=O) groups excluding carboxylic acids is 1. The lowest BCUT2D eigenvalue weighted by atomic mass is 9.94. The average molecular weight is 452 g/mol. The molecule has 0 aliphatic heterocycles. The van der Waals surface area contributed by atoms with Crippen LogP contribution in [0.2, 0.25) is 0 Å². The Balaban J connectivity index is 1.43. The third-order valence-electron chi connectivity index (χ3n) is 6.63. The minimum absolute atomic E-state index is 0.00134. The summed E-state index contributed by atoms with van der Waals surface area (Å²) in [6.07, 6.45) is 5.72. The van der Waals surface area contributed by atoms with Crippen molar-refractivity contribution in [3.05, 3.63) is 102 Å². The Bertz CT molecular complexity index is 1320. The lowest BCUT2D eigenvalue weighted by Crippen LogP contribution is -2.37. The van der Waals surface area contributed by atoms with Crippen molar-refractivity contribution in [1.29, 1.82) is 0 Å². The number of carbonyl (C=O) groups is 1. The highest BCUT2D eigenvalue weighted by molar-refractivity contribution is 5.80. The first-order valence-corrected chi connectivity index (χ1v) is 11.6. The molecule has 0 saturated heterocycles. The molecule has 6 heteroatoms. The first-order chi connectivity index (χ1) is 16.5. The van der Waals surface area contributed by atoms with E-state index in [1.807, 2.05) is 67.4 Å². The van der Waals surface area contributed by atoms with Crippen molar-refractivity contribution in [3.8, 4) is 16.9 Å². The molecule has 1 aliphatic carbocycles. The SMILES string of the molecule is C=C1C[C@@H](NC(=O)Cc2c(C)c(-c3cnn(C)c3)nn2-c2ccccc2)[C@H](c2ccccc2)C1. The van der Waals surface area contributed by atoms with Crippen molar-refractivity contribution in [2.24, 2.45) is 7.05 Å². The van der Waals surface area contributed by atoms with Gasteiger partial charge in [0, 0.05) is 30.8 Å². The van der Waals surface area contributed by atoms with Crippen LogP contribution in [-0.2, 0) is 18.3 Å². The molecule has 1 aliphatic rings. The number of rotatable bonds is 6. The zero-order valence-electron chi connectivity index (χ0n) is 19.6. The smallest absolute Gasteiger partial charge is 0.226 e. The average Bonchev–Trinajstić information content (AvgIpc) is 3.52. The molecular weight excluding hydrogens is 422 g/mol. The molecule has 2 aromatic heterocycles. The van der Waals surface area contributed by atoms with Crippen LogP contribution in [0.5, 0.6) is 0 Å². The van der Waals surface area contributed by atoms with Crippen LogP contribution in [0.15, 0.2) is 85.2 Å². The zero-order valence-corrected chi connectivity index (χ0v) is 19.6. The van der Waals surface area contributed by atoms with E-state index in [1.54, 1.807) is 4.68 Å². The maximum Gasteiger partial charge on any atom is 0.226 e. The number of aryl methyl sites for hydroxylation is 1. The van der Waals surface area contributed by atoms with Crippen LogP contribution in [0.3, 0.4) is 0 Å². The number of hydrogen-bond acceptors (Lipinski definition) is 3. The molecule has 1 amide bonds. The minimum Gasteiger partial charge on any atom is -0.352 e. The normalized spacial score (nSPS) is 17.8. The molecule has 1 saturated carbocycles. The van der Waals surface area contributed by atoms with E-state index in [9.17, 15) is 4.79 Å². The largest absolute Gasteiger partial charge is 0.352 e. The quantitative estimate of drug-likeness (QED) is 0.431. The van der Waals surface area contributed by atoms with Crippen LogP contribution >= 0.6 is 0 Å². The second-order valence-electron chi connectivity index (χ2n) is 9.10. The monoisotopic (exact) mass is 451 g/mol. The Kier molecular flexibility index (Phi) is 5.88. The van der Waals surface area contributed by atoms with Crippen molar-refractivity contribution in [1.82, 2.24) is 24.9 Å². The summed E-state index contributed by atoms with van der Waals surface area (Å²) in [6.45, 7) is 6.23. The van der Waals surface area contributed by atoms with E-state index in [4.69, 9.17) is 5.10 Å². The van der Waals surface area contributed by atoms with Gasteiger partial charge in [-0.2, -0.15) is 10.2 Å². The molecule has 1 N–H and O–H groups in total. The standard InChI is InChI=1S/C28H29N5O/c1-19-14-24(21-10-6-4-7-11-21)25(15-19)30-27(34)16-26-20(2)28(22-17-29-32(3)18-22)31-33(26)23-12-8-5-9-13-23/h4-13,17-18,24-25H,1,14-16H2,2-3H3,(H,30,34)/t24-,25+/m0/s1. The van der Waals surface area contributed by atoms with E-state index >= 15 is 0 Å². The van der Waals surface area contributed by atoms with Crippen LogP contribution in [0, 0.1) is 6.92 Å². The molecular formula is C28H29N5O. The van der Waals surface area contributed by atoms with Crippen molar-refractivity contribution in [2.75, 3.05) is 0 Å². The highest BCUT2D eigenvalue weighted by Gasteiger charge is 2.32. The number of nitrogens with one attached hydrogen (secondary N) is 1. The molecule has 5 rings (SSSR count). The number of nitrogens with zero attached hydrogens (tertiary/aromatic N) is 4. The Morgan fingerprint density at radius 2 is 1.79 bits per heavy atom. The molecule has 1 fully saturated rings. The van der Waals surface area contributed by atoms with Crippen LogP contribution in [0.4, 0.5) is 0 Å². The zero-order chi connectivity index (χ0) is 23.7. The summed E-state index contributed by atoms with van der Waals surface area (Å²) in [5, 5.41) is 12.5. The van der Waals surface area contributed by atoms with E-state index in [1.165, 1.54) is 11.1 Å². The van der Waals surface area contributed by atoms with Gasteiger partial charge in [0.05, 0.1) is 29.7 Å². The van der Waals surface area contributed by atoms with Gasteiger partial charge in [-0.1, -0.05) is 60.7 Å². The van der Waals surface area contributed by atoms with E-state index in [2.05, 4.69) is 41.3 Å². The maximum absolute atomic E-state index is 13.3. The predicted molar refractivity (Wildman–Crippen MR) is 134 cm³/mol. The summed E-state index contributed by atoms with van der Waals surface area (Å²) < 4.78 is 3.65. The number of hydrogen-bond donors (Lipinski definition) is 1. The van der Waals surface area contributed by atoms with E-state index in [0.29, 0.717) is 0 Å². The van der Waals surface area contributed by atoms with Gasteiger partial charge < -0.3 is 5.32 Å². The van der Waals surface area contributed by atoms with Crippen LogP contribution < -0.4 is 5.32 Å². The summed E-state index contributed by atoms with van der Waals surface area (Å²) in [5.41, 5.74) is 7.01. The first kappa shape index (κ1) is 21.9. The number of para-hydroxylation sites is 1. The van der Waals surface area contributed by atoms with E-state index < -0.39 is 0 Å². The third-order valence-corrected chi connectivity index (χ3v) is 6.63. The molecule has 2 aromatic carbocycles. The van der Waals surface area contributed by atoms with Gasteiger partial charge in [0.2, 0.25) is 5.91 Å². The van der Waals surface area contributed by atoms with Crippen molar-refractivity contribution in [2.45, 2.75) is 38.1 Å². The summed E-state index contributed by atoms with van der Waals surface area (Å²) >= 11 is 0. The molecule has 0 unspecified atom stereocenters. The first-order valence-electron chi connectivity index (χ1n) is 11.6. The molecule has 34 heavy (non-hydrogen) atoms. The fourth-order valence-electron chi connectivity index (χ4n) is 4.94. The molecule has 172 valence electrons. The van der Waals surface area contributed by atoms with Crippen molar-refractivity contribution >= 4 is 5.91 Å². The molecule has 0 spiro atoms. The van der Waals surface area contributed by atoms with Gasteiger partial charge in [0.1, 0.15) is 0 Å². The van der Waals surface area contributed by atoms with E-state index in [0.717, 1.165) is 41.0 Å². The topological polar surface area (TPSA) is 64.7 Å². The number of aromatic nitrogens is 4. The van der Waals surface area contributed by atoms with Gasteiger partial charge in [-0.3, -0.25) is 9.48 Å². The second kappa shape index (κ2) is 9.14. The Hall–Kier alpha value is -3.93.